The number of carboxylic acids is 1. The number of ether oxygens (including phenoxy) is 2. The molecule has 1 aromatic carbocycles. The fourth-order valence-electron chi connectivity index (χ4n) is 2.02. The Morgan fingerprint density at radius 3 is 2.68 bits per heavy atom. The van der Waals surface area contributed by atoms with Crippen LogP contribution in [0.4, 0.5) is 5.69 Å². The number of nitrogens with one attached hydrogen (secondary N) is 1. The zero-order valence-corrected chi connectivity index (χ0v) is 13.1. The molecule has 122 valence electrons. The number of benzene rings is 1. The van der Waals surface area contributed by atoms with Gasteiger partial charge in [-0.05, 0) is 43.9 Å². The van der Waals surface area contributed by atoms with Gasteiger partial charge in [-0.2, -0.15) is 0 Å². The molecule has 0 saturated carbocycles. The molecule has 0 aliphatic rings. The van der Waals surface area contributed by atoms with Crippen LogP contribution in [0, 0.1) is 0 Å². The van der Waals surface area contributed by atoms with E-state index in [-0.39, 0.29) is 18.9 Å². The van der Waals surface area contributed by atoms with E-state index < -0.39 is 5.97 Å². The summed E-state index contributed by atoms with van der Waals surface area (Å²) >= 11 is 0. The van der Waals surface area contributed by atoms with Gasteiger partial charge in [-0.15, -0.1) is 0 Å². The molecule has 1 aromatic rings. The first-order chi connectivity index (χ1) is 10.6. The Balaban J connectivity index is 2.67. The number of carboxylic acid groups (broad SMARTS) is 1. The van der Waals surface area contributed by atoms with Gasteiger partial charge in [-0.1, -0.05) is 6.07 Å². The molecule has 0 aromatic heterocycles. The van der Waals surface area contributed by atoms with Crippen LogP contribution < -0.4 is 10.1 Å². The lowest BCUT2D eigenvalue weighted by molar-refractivity contribution is -0.137. The average Bonchev–Trinajstić information content (AvgIpc) is 2.46. The number of amides is 1. The number of hydrogen-bond acceptors (Lipinski definition) is 4. The molecule has 2 N–H and O–H groups in total. The monoisotopic (exact) mass is 309 g/mol. The molecule has 0 unspecified atom stereocenters. The predicted molar refractivity (Wildman–Crippen MR) is 83.3 cm³/mol. The van der Waals surface area contributed by atoms with Crippen molar-refractivity contribution in [2.45, 2.75) is 32.6 Å². The summed E-state index contributed by atoms with van der Waals surface area (Å²) in [4.78, 5) is 22.1. The highest BCUT2D eigenvalue weighted by atomic mass is 16.5. The van der Waals surface area contributed by atoms with Gasteiger partial charge in [0.1, 0.15) is 12.4 Å². The lowest BCUT2D eigenvalue weighted by Gasteiger charge is -2.13. The second-order valence-corrected chi connectivity index (χ2v) is 4.85. The molecule has 1 rings (SSSR count). The van der Waals surface area contributed by atoms with Crippen molar-refractivity contribution < 1.29 is 24.2 Å². The molecule has 6 nitrogen and oxygen atoms in total. The first-order valence-corrected chi connectivity index (χ1v) is 7.33. The Bertz CT molecular complexity index is 501. The molecule has 0 fully saturated rings. The minimum atomic E-state index is -0.772. The number of rotatable bonds is 10. The Labute approximate surface area is 130 Å². The maximum Gasteiger partial charge on any atom is 0.303 e. The number of aliphatic carboxylic acids is 1. The van der Waals surface area contributed by atoms with E-state index in [1.54, 1.807) is 6.07 Å². The van der Waals surface area contributed by atoms with E-state index in [0.717, 1.165) is 18.4 Å². The van der Waals surface area contributed by atoms with E-state index >= 15 is 0 Å². The molecule has 0 spiro atoms. The van der Waals surface area contributed by atoms with Gasteiger partial charge in [0.05, 0.1) is 12.3 Å². The molecular formula is C16H23NO5. The summed E-state index contributed by atoms with van der Waals surface area (Å²) in [6.45, 7) is 2.36. The molecule has 0 heterocycles. The number of hydrogen-bond donors (Lipinski definition) is 2. The zero-order valence-electron chi connectivity index (χ0n) is 13.1. The topological polar surface area (TPSA) is 84.9 Å². The summed E-state index contributed by atoms with van der Waals surface area (Å²) in [5.41, 5.74) is 1.66. The largest absolute Gasteiger partial charge is 0.492 e. The number of aryl methyl sites for hydroxylation is 1. The van der Waals surface area contributed by atoms with Crippen LogP contribution in [0.25, 0.3) is 0 Å². The van der Waals surface area contributed by atoms with Crippen LogP contribution >= 0.6 is 0 Å². The zero-order chi connectivity index (χ0) is 16.4. The predicted octanol–water partition coefficient (Wildman–Crippen LogP) is 2.47. The van der Waals surface area contributed by atoms with Crippen molar-refractivity contribution in [2.75, 3.05) is 25.6 Å². The van der Waals surface area contributed by atoms with Crippen LogP contribution in [-0.4, -0.2) is 37.3 Å². The van der Waals surface area contributed by atoms with Crippen molar-refractivity contribution in [3.05, 3.63) is 23.8 Å². The van der Waals surface area contributed by atoms with E-state index in [9.17, 15) is 9.59 Å². The number of methoxy groups -OCH3 is 1. The fraction of sp³-hybridized carbons (Fsp3) is 0.500. The summed E-state index contributed by atoms with van der Waals surface area (Å²) < 4.78 is 10.3. The molecule has 0 atom stereocenters. The number of carbonyl (C=O) groups excluding carboxylic acids is 1. The van der Waals surface area contributed by atoms with Gasteiger partial charge in [0.25, 0.3) is 0 Å². The van der Waals surface area contributed by atoms with E-state index in [1.165, 1.54) is 7.11 Å². The van der Waals surface area contributed by atoms with Crippen molar-refractivity contribution in [1.29, 1.82) is 0 Å². The highest BCUT2D eigenvalue weighted by Gasteiger charge is 2.09. The number of carbonyl (C=O) groups is 2. The minimum Gasteiger partial charge on any atom is -0.492 e. The van der Waals surface area contributed by atoms with Gasteiger partial charge in [0, 0.05) is 13.5 Å². The molecule has 0 aliphatic carbocycles. The van der Waals surface area contributed by atoms with Crippen molar-refractivity contribution in [2.24, 2.45) is 0 Å². The van der Waals surface area contributed by atoms with Gasteiger partial charge >= 0.3 is 5.97 Å². The summed E-state index contributed by atoms with van der Waals surface area (Å²) in [5, 5.41) is 11.4. The average molecular weight is 309 g/mol. The van der Waals surface area contributed by atoms with Gasteiger partial charge in [-0.25, -0.2) is 0 Å². The van der Waals surface area contributed by atoms with Gasteiger partial charge in [0.15, 0.2) is 0 Å². The summed E-state index contributed by atoms with van der Waals surface area (Å²) in [6.07, 6.45) is 2.40. The first-order valence-electron chi connectivity index (χ1n) is 7.33. The molecule has 0 aliphatic heterocycles. The lowest BCUT2D eigenvalue weighted by atomic mass is 10.1. The van der Waals surface area contributed by atoms with Crippen molar-refractivity contribution in [3.8, 4) is 5.75 Å². The van der Waals surface area contributed by atoms with Crippen LogP contribution in [0.1, 0.15) is 31.7 Å². The molecular weight excluding hydrogens is 286 g/mol. The molecule has 0 radical (unpaired) electrons. The smallest absolute Gasteiger partial charge is 0.303 e. The lowest BCUT2D eigenvalue weighted by Crippen LogP contribution is -2.17. The quantitative estimate of drug-likeness (QED) is 0.649. The summed E-state index contributed by atoms with van der Waals surface area (Å²) in [6, 6.07) is 5.59. The molecule has 1 amide bonds. The van der Waals surface area contributed by atoms with Crippen LogP contribution in [0.15, 0.2) is 18.2 Å². The Morgan fingerprint density at radius 2 is 2.05 bits per heavy atom. The van der Waals surface area contributed by atoms with Crippen molar-refractivity contribution in [3.63, 3.8) is 0 Å². The maximum atomic E-state index is 11.6. The van der Waals surface area contributed by atoms with E-state index in [2.05, 4.69) is 5.32 Å². The second kappa shape index (κ2) is 9.78. The van der Waals surface area contributed by atoms with Crippen LogP contribution in [-0.2, 0) is 20.7 Å². The van der Waals surface area contributed by atoms with Gasteiger partial charge < -0.3 is 19.9 Å². The normalized spacial score (nSPS) is 10.3. The second-order valence-electron chi connectivity index (χ2n) is 4.85. The number of unbranched alkanes of at least 4 members (excludes halogenated alkanes) is 1. The van der Waals surface area contributed by atoms with E-state index in [0.29, 0.717) is 24.5 Å². The highest BCUT2D eigenvalue weighted by Crippen LogP contribution is 2.27. The summed E-state index contributed by atoms with van der Waals surface area (Å²) in [5.74, 6) is -0.397. The molecule has 22 heavy (non-hydrogen) atoms. The Kier molecular flexibility index (Phi) is 7.99. The van der Waals surface area contributed by atoms with Gasteiger partial charge in [0.2, 0.25) is 5.91 Å². The Hall–Kier alpha value is -2.08. The third-order valence-electron chi connectivity index (χ3n) is 3.00. The minimum absolute atomic E-state index is 0.0114. The van der Waals surface area contributed by atoms with Crippen molar-refractivity contribution in [1.82, 2.24) is 0 Å². The molecule has 0 saturated heterocycles. The van der Waals surface area contributed by atoms with E-state index in [4.69, 9.17) is 14.6 Å². The first kappa shape index (κ1) is 18.0. The maximum absolute atomic E-state index is 11.6. The molecule has 0 bridgehead atoms. The highest BCUT2D eigenvalue weighted by molar-refractivity contribution is 5.93. The Morgan fingerprint density at radius 1 is 1.27 bits per heavy atom. The standard InChI is InChI=1S/C16H23NO5/c1-3-22-14-10-12(6-4-5-7-16(19)20)8-9-13(14)17-15(18)11-21-2/h8-10H,3-7,11H2,1-2H3,(H,17,18)(H,19,20). The molecule has 6 heteroatoms. The fourth-order valence-corrected chi connectivity index (χ4v) is 2.02. The van der Waals surface area contributed by atoms with E-state index in [1.807, 2.05) is 19.1 Å². The summed E-state index contributed by atoms with van der Waals surface area (Å²) in [7, 11) is 1.46. The van der Waals surface area contributed by atoms with Gasteiger partial charge in [-0.3, -0.25) is 9.59 Å². The SMILES string of the molecule is CCOc1cc(CCCCC(=O)O)ccc1NC(=O)COC. The van der Waals surface area contributed by atoms with Crippen LogP contribution in [0.3, 0.4) is 0 Å². The third-order valence-corrected chi connectivity index (χ3v) is 3.00. The third kappa shape index (κ3) is 6.58. The van der Waals surface area contributed by atoms with Crippen molar-refractivity contribution >= 4 is 17.6 Å². The van der Waals surface area contributed by atoms with Crippen LogP contribution in [0.5, 0.6) is 5.75 Å². The van der Waals surface area contributed by atoms with Crippen LogP contribution in [0.2, 0.25) is 0 Å². The number of anilines is 1.